The lowest BCUT2D eigenvalue weighted by molar-refractivity contribution is 0.550. The molecule has 7 heteroatoms. The molecule has 3 aromatic rings. The maximum Gasteiger partial charge on any atom is 0.308 e. The van der Waals surface area contributed by atoms with Gasteiger partial charge in [0, 0.05) is 12.6 Å². The van der Waals surface area contributed by atoms with E-state index in [2.05, 4.69) is 4.72 Å². The Morgan fingerprint density at radius 3 is 2.46 bits per heavy atom. The van der Waals surface area contributed by atoms with Gasteiger partial charge in [0.05, 0.1) is 15.1 Å². The summed E-state index contributed by atoms with van der Waals surface area (Å²) in [5, 5.41) is 0. The van der Waals surface area contributed by atoms with Gasteiger partial charge in [0.2, 0.25) is 10.0 Å². The van der Waals surface area contributed by atoms with Crippen molar-refractivity contribution in [1.29, 1.82) is 0 Å². The van der Waals surface area contributed by atoms with Gasteiger partial charge < -0.3 is 0 Å². The van der Waals surface area contributed by atoms with Gasteiger partial charge in [-0.1, -0.05) is 43.4 Å². The average Bonchev–Trinajstić information content (AvgIpc) is 2.97. The Morgan fingerprint density at radius 2 is 1.82 bits per heavy atom. The van der Waals surface area contributed by atoms with Crippen LogP contribution in [0.1, 0.15) is 49.4 Å². The standard InChI is InChI=1S/C21H26N2O3S2/c1-5-11-23-19-10-9-17(13-20(19)27-21(23)24)28(25,26)22-18(6-2)16-8-7-14(3)15(4)12-16/h7-10,12-13,18,22H,5-6,11H2,1-4H3. The number of hydrogen-bond donors (Lipinski definition) is 1. The third kappa shape index (κ3) is 4.06. The molecule has 3 rings (SSSR count). The Morgan fingerprint density at radius 1 is 1.07 bits per heavy atom. The minimum atomic E-state index is -3.70. The van der Waals surface area contributed by atoms with Crippen LogP contribution < -0.4 is 9.60 Å². The summed E-state index contributed by atoms with van der Waals surface area (Å²) in [6.45, 7) is 8.67. The molecule has 0 bridgehead atoms. The van der Waals surface area contributed by atoms with E-state index in [9.17, 15) is 13.2 Å². The molecule has 150 valence electrons. The third-order valence-electron chi connectivity index (χ3n) is 5.04. The predicted molar refractivity (Wildman–Crippen MR) is 116 cm³/mol. The fraction of sp³-hybridized carbons (Fsp3) is 0.381. The normalized spacial score (nSPS) is 13.1. The number of aromatic nitrogens is 1. The highest BCUT2D eigenvalue weighted by Gasteiger charge is 2.22. The molecule has 1 N–H and O–H groups in total. The van der Waals surface area contributed by atoms with Crippen LogP contribution in [0.2, 0.25) is 0 Å². The zero-order valence-corrected chi connectivity index (χ0v) is 18.3. The summed E-state index contributed by atoms with van der Waals surface area (Å²) in [4.78, 5) is 12.3. The molecule has 28 heavy (non-hydrogen) atoms. The summed E-state index contributed by atoms with van der Waals surface area (Å²) in [6, 6.07) is 10.6. The summed E-state index contributed by atoms with van der Waals surface area (Å²) in [7, 11) is -3.70. The van der Waals surface area contributed by atoms with Gasteiger partial charge in [0.25, 0.3) is 0 Å². The second kappa shape index (κ2) is 8.19. The molecule has 0 amide bonds. The molecular formula is C21H26N2O3S2. The Balaban J connectivity index is 1.95. The molecule has 0 aliphatic heterocycles. The minimum absolute atomic E-state index is 0.0547. The Hall–Kier alpha value is -1.96. The van der Waals surface area contributed by atoms with E-state index in [-0.39, 0.29) is 15.8 Å². The van der Waals surface area contributed by atoms with Crippen molar-refractivity contribution in [2.24, 2.45) is 0 Å². The number of nitrogens with one attached hydrogen (secondary N) is 1. The number of fused-ring (bicyclic) bond motifs is 1. The van der Waals surface area contributed by atoms with Gasteiger partial charge in [-0.2, -0.15) is 0 Å². The molecule has 1 atom stereocenters. The number of hydrogen-bond acceptors (Lipinski definition) is 4. The summed E-state index contributed by atoms with van der Waals surface area (Å²) < 4.78 is 31.2. The van der Waals surface area contributed by atoms with Gasteiger partial charge in [-0.15, -0.1) is 0 Å². The lowest BCUT2D eigenvalue weighted by atomic mass is 10.0. The second-order valence-corrected chi connectivity index (χ2v) is 9.78. The molecule has 1 aromatic heterocycles. The molecule has 1 unspecified atom stereocenters. The molecule has 0 aliphatic rings. The average molecular weight is 419 g/mol. The molecule has 0 fully saturated rings. The van der Waals surface area contributed by atoms with Crippen molar-refractivity contribution in [3.63, 3.8) is 0 Å². The largest absolute Gasteiger partial charge is 0.308 e. The first-order valence-corrected chi connectivity index (χ1v) is 11.8. The van der Waals surface area contributed by atoms with E-state index in [4.69, 9.17) is 0 Å². The maximum atomic E-state index is 13.0. The number of rotatable bonds is 7. The molecule has 2 aromatic carbocycles. The Bertz CT molecular complexity index is 1160. The summed E-state index contributed by atoms with van der Waals surface area (Å²) in [5.74, 6) is 0. The van der Waals surface area contributed by atoms with E-state index in [0.29, 0.717) is 17.7 Å². The van der Waals surface area contributed by atoms with Crippen molar-refractivity contribution in [2.75, 3.05) is 0 Å². The van der Waals surface area contributed by atoms with Gasteiger partial charge in [0.15, 0.2) is 0 Å². The highest BCUT2D eigenvalue weighted by molar-refractivity contribution is 7.89. The van der Waals surface area contributed by atoms with E-state index < -0.39 is 10.0 Å². The van der Waals surface area contributed by atoms with E-state index in [1.165, 1.54) is 5.56 Å². The Labute approximate surface area is 170 Å². The maximum absolute atomic E-state index is 13.0. The van der Waals surface area contributed by atoms with Crippen molar-refractivity contribution < 1.29 is 8.42 Å². The van der Waals surface area contributed by atoms with Crippen LogP contribution >= 0.6 is 11.3 Å². The molecule has 0 spiro atoms. The van der Waals surface area contributed by atoms with Gasteiger partial charge in [-0.05, 0) is 61.6 Å². The summed E-state index contributed by atoms with van der Waals surface area (Å²) in [5.41, 5.74) is 4.06. The minimum Gasteiger partial charge on any atom is -0.299 e. The van der Waals surface area contributed by atoms with E-state index in [0.717, 1.165) is 34.4 Å². The summed E-state index contributed by atoms with van der Waals surface area (Å²) in [6.07, 6.45) is 1.49. The lowest BCUT2D eigenvalue weighted by Crippen LogP contribution is -2.28. The van der Waals surface area contributed by atoms with Crippen molar-refractivity contribution in [3.8, 4) is 0 Å². The molecule has 5 nitrogen and oxygen atoms in total. The van der Waals surface area contributed by atoms with Gasteiger partial charge in [0.1, 0.15) is 0 Å². The van der Waals surface area contributed by atoms with Crippen LogP contribution in [0.3, 0.4) is 0 Å². The first kappa shape index (κ1) is 20.8. The van der Waals surface area contributed by atoms with Crippen LogP contribution in [-0.4, -0.2) is 13.0 Å². The number of benzene rings is 2. The molecular weight excluding hydrogens is 392 g/mol. The van der Waals surface area contributed by atoms with E-state index in [1.807, 2.05) is 45.9 Å². The number of sulfonamides is 1. The third-order valence-corrected chi connectivity index (χ3v) is 7.45. The Kier molecular flexibility index (Phi) is 6.07. The van der Waals surface area contributed by atoms with Crippen molar-refractivity contribution in [2.45, 2.75) is 58.0 Å². The first-order chi connectivity index (χ1) is 13.3. The second-order valence-electron chi connectivity index (χ2n) is 7.07. The van der Waals surface area contributed by atoms with Crippen molar-refractivity contribution in [3.05, 3.63) is 62.8 Å². The first-order valence-electron chi connectivity index (χ1n) is 9.49. The fourth-order valence-electron chi connectivity index (χ4n) is 3.27. The molecule has 1 heterocycles. The number of aryl methyl sites for hydroxylation is 3. The molecule has 0 aliphatic carbocycles. The number of thiazole rings is 1. The highest BCUT2D eigenvalue weighted by atomic mass is 32.2. The van der Waals surface area contributed by atoms with E-state index >= 15 is 0 Å². The summed E-state index contributed by atoms with van der Waals surface area (Å²) >= 11 is 1.09. The highest BCUT2D eigenvalue weighted by Crippen LogP contribution is 2.25. The molecule has 0 saturated heterocycles. The fourth-order valence-corrected chi connectivity index (χ4v) is 5.64. The zero-order chi connectivity index (χ0) is 20.5. The van der Waals surface area contributed by atoms with Crippen LogP contribution in [0, 0.1) is 13.8 Å². The molecule has 0 saturated carbocycles. The van der Waals surface area contributed by atoms with Crippen molar-refractivity contribution >= 4 is 31.6 Å². The number of nitrogens with zero attached hydrogens (tertiary/aromatic N) is 1. The van der Waals surface area contributed by atoms with Crippen LogP contribution in [0.25, 0.3) is 10.2 Å². The van der Waals surface area contributed by atoms with Gasteiger partial charge in [-0.25, -0.2) is 13.1 Å². The zero-order valence-electron chi connectivity index (χ0n) is 16.7. The molecule has 0 radical (unpaired) electrons. The lowest BCUT2D eigenvalue weighted by Gasteiger charge is -2.19. The van der Waals surface area contributed by atoms with Crippen molar-refractivity contribution in [1.82, 2.24) is 9.29 Å². The monoisotopic (exact) mass is 418 g/mol. The van der Waals surface area contributed by atoms with Gasteiger partial charge >= 0.3 is 4.87 Å². The SMILES string of the molecule is CCCn1c(=O)sc2cc(S(=O)(=O)NC(CC)c3ccc(C)c(C)c3)ccc21. The smallest absolute Gasteiger partial charge is 0.299 e. The van der Waals surface area contributed by atoms with Crippen LogP contribution in [0.5, 0.6) is 0 Å². The van der Waals surface area contributed by atoms with Gasteiger partial charge in [-0.3, -0.25) is 9.36 Å². The topological polar surface area (TPSA) is 68.2 Å². The van der Waals surface area contributed by atoms with E-state index in [1.54, 1.807) is 22.8 Å². The predicted octanol–water partition coefficient (Wildman–Crippen LogP) is 4.52. The van der Waals surface area contributed by atoms with Crippen LogP contribution in [0.15, 0.2) is 46.1 Å². The van der Waals surface area contributed by atoms with Crippen LogP contribution in [-0.2, 0) is 16.6 Å². The quantitative estimate of drug-likeness (QED) is 0.613. The van der Waals surface area contributed by atoms with Crippen LogP contribution in [0.4, 0.5) is 0 Å².